The van der Waals surface area contributed by atoms with Gasteiger partial charge in [0.2, 0.25) is 0 Å². The molecule has 0 aliphatic carbocycles. The molecule has 4 heteroatoms. The molecule has 1 amide bonds. The fourth-order valence-electron chi connectivity index (χ4n) is 1.40. The van der Waals surface area contributed by atoms with Crippen molar-refractivity contribution in [1.29, 1.82) is 0 Å². The van der Waals surface area contributed by atoms with E-state index in [1.807, 2.05) is 30.3 Å². The van der Waals surface area contributed by atoms with Gasteiger partial charge in [-0.1, -0.05) is 30.3 Å². The number of ether oxygens (including phenoxy) is 1. The molecule has 1 N–H and O–H groups in total. The predicted octanol–water partition coefficient (Wildman–Crippen LogP) is 2.32. The molecule has 98 valence electrons. The van der Waals surface area contributed by atoms with E-state index in [1.54, 1.807) is 20.8 Å². The van der Waals surface area contributed by atoms with E-state index < -0.39 is 17.7 Å². The highest BCUT2D eigenvalue weighted by Crippen LogP contribution is 2.07. The van der Waals surface area contributed by atoms with Gasteiger partial charge in [0.15, 0.2) is 1.41 Å². The molecule has 0 fully saturated rings. The molecule has 0 unspecified atom stereocenters. The number of rotatable bonds is 4. The molecule has 1 aromatic carbocycles. The summed E-state index contributed by atoms with van der Waals surface area (Å²) in [5.41, 5.74) is 0.205. The van der Waals surface area contributed by atoms with Crippen molar-refractivity contribution in [3.05, 3.63) is 35.9 Å². The van der Waals surface area contributed by atoms with Crippen LogP contribution in [0.25, 0.3) is 0 Å². The third kappa shape index (κ3) is 5.48. The summed E-state index contributed by atoms with van der Waals surface area (Å²) >= 11 is 0. The van der Waals surface area contributed by atoms with Crippen molar-refractivity contribution in [1.82, 2.24) is 5.31 Å². The lowest BCUT2D eigenvalue weighted by Crippen LogP contribution is -2.41. The van der Waals surface area contributed by atoms with Crippen LogP contribution in [0, 0.1) is 0 Å². The quantitative estimate of drug-likeness (QED) is 0.834. The van der Waals surface area contributed by atoms with Crippen molar-refractivity contribution in [3.8, 4) is 0 Å². The van der Waals surface area contributed by atoms with Crippen LogP contribution in [-0.4, -0.2) is 24.0 Å². The van der Waals surface area contributed by atoms with E-state index in [4.69, 9.17) is 6.15 Å². The van der Waals surface area contributed by atoms with Gasteiger partial charge in [0, 0.05) is 0 Å². The second-order valence-electron chi connectivity index (χ2n) is 5.00. The van der Waals surface area contributed by atoms with E-state index >= 15 is 0 Å². The van der Waals surface area contributed by atoms with Crippen molar-refractivity contribution >= 4 is 12.4 Å². The van der Waals surface area contributed by atoms with E-state index in [0.29, 0.717) is 18.0 Å². The monoisotopic (exact) mass is 250 g/mol. The Bertz CT molecular complexity index is 428. The van der Waals surface area contributed by atoms with Crippen LogP contribution in [0.1, 0.15) is 26.3 Å². The number of hydrogen-bond donors (Lipinski definition) is 1. The summed E-state index contributed by atoms with van der Waals surface area (Å²) in [7, 11) is 0. The Labute approximate surface area is 109 Å². The molecule has 0 aromatic heterocycles. The zero-order valence-electron chi connectivity index (χ0n) is 11.9. The van der Waals surface area contributed by atoms with Crippen LogP contribution in [0.3, 0.4) is 0 Å². The molecule has 0 saturated heterocycles. The van der Waals surface area contributed by atoms with Gasteiger partial charge in [-0.2, -0.15) is 0 Å². The van der Waals surface area contributed by atoms with Crippen LogP contribution in [0.5, 0.6) is 0 Å². The van der Waals surface area contributed by atoms with E-state index in [2.05, 4.69) is 0 Å². The summed E-state index contributed by atoms with van der Waals surface area (Å²) in [5, 5.41) is 0.589. The Morgan fingerprint density at radius 2 is 2.06 bits per heavy atom. The topological polar surface area (TPSA) is 55.4 Å². The largest absolute Gasteiger partial charge is 0.444 e. The Kier molecular flexibility index (Phi) is 4.34. The highest BCUT2D eigenvalue weighted by molar-refractivity contribution is 5.73. The lowest BCUT2D eigenvalue weighted by molar-refractivity contribution is -0.109. The average molecular weight is 250 g/mol. The van der Waals surface area contributed by atoms with Gasteiger partial charge < -0.3 is 14.8 Å². The van der Waals surface area contributed by atoms with Gasteiger partial charge in [0.1, 0.15) is 11.9 Å². The van der Waals surface area contributed by atoms with E-state index in [-0.39, 0.29) is 0 Å². The number of carbonyl (C=O) groups is 2. The summed E-state index contributed by atoms with van der Waals surface area (Å²) in [6.45, 7) is 5.14. The predicted molar refractivity (Wildman–Crippen MR) is 69.4 cm³/mol. The van der Waals surface area contributed by atoms with Gasteiger partial charge in [-0.05, 0) is 32.8 Å². The van der Waals surface area contributed by atoms with Crippen molar-refractivity contribution in [3.63, 3.8) is 0 Å². The minimum atomic E-state index is -0.850. The van der Waals surface area contributed by atoms with E-state index in [1.165, 1.54) is 0 Å². The molecule has 1 atom stereocenters. The number of amides is 1. The maximum atomic E-state index is 11.7. The zero-order valence-corrected chi connectivity index (χ0v) is 10.9. The number of benzene rings is 1. The number of carbonyl (C=O) groups excluding carboxylic acids is 2. The average Bonchev–Trinajstić information content (AvgIpc) is 2.34. The van der Waals surface area contributed by atoms with Gasteiger partial charge in [0.05, 0.1) is 6.04 Å². The normalized spacial score (nSPS) is 13.4. The van der Waals surface area contributed by atoms with Crippen LogP contribution >= 0.6 is 0 Å². The summed E-state index contributed by atoms with van der Waals surface area (Å²) in [6, 6.07) is 8.40. The smallest absolute Gasteiger partial charge is 0.408 e. The molecule has 0 aliphatic heterocycles. The van der Waals surface area contributed by atoms with Gasteiger partial charge >= 0.3 is 6.09 Å². The number of nitrogens with one attached hydrogen (secondary N) is 1. The van der Waals surface area contributed by atoms with Crippen LogP contribution in [0.4, 0.5) is 4.79 Å². The molecule has 0 radical (unpaired) electrons. The van der Waals surface area contributed by atoms with Crippen LogP contribution in [-0.2, 0) is 16.0 Å². The molecular weight excluding hydrogens is 230 g/mol. The van der Waals surface area contributed by atoms with Crippen molar-refractivity contribution in [2.45, 2.75) is 38.8 Å². The van der Waals surface area contributed by atoms with Crippen molar-refractivity contribution < 1.29 is 15.7 Å². The molecule has 18 heavy (non-hydrogen) atoms. The fraction of sp³-hybridized carbons (Fsp3) is 0.429. The highest BCUT2D eigenvalue weighted by atomic mass is 16.6. The van der Waals surface area contributed by atoms with Crippen molar-refractivity contribution in [2.75, 3.05) is 0 Å². The molecule has 1 rings (SSSR count). The molecular formula is C14H19NO3. The Morgan fingerprint density at radius 3 is 2.56 bits per heavy atom. The molecule has 0 bridgehead atoms. The first-order chi connectivity index (χ1) is 8.83. The van der Waals surface area contributed by atoms with Gasteiger partial charge in [0.25, 0.3) is 0 Å². The summed E-state index contributed by atoms with van der Waals surface area (Å²) in [5.74, 6) is 0. The SMILES string of the molecule is [2H]N(C(=O)OC(C)(C)C)[C@H](C=O)Cc1ccccc1. The number of hydrogen-bond acceptors (Lipinski definition) is 3. The fourth-order valence-corrected chi connectivity index (χ4v) is 1.40. The van der Waals surface area contributed by atoms with Gasteiger partial charge in [-0.3, -0.25) is 0 Å². The minimum Gasteiger partial charge on any atom is -0.444 e. The van der Waals surface area contributed by atoms with Crippen LogP contribution in [0.2, 0.25) is 1.41 Å². The maximum Gasteiger partial charge on any atom is 0.408 e. The van der Waals surface area contributed by atoms with Gasteiger partial charge in [-0.15, -0.1) is 0 Å². The third-order valence-electron chi connectivity index (χ3n) is 2.11. The number of alkyl carbamates (subject to hydrolysis) is 1. The summed E-state index contributed by atoms with van der Waals surface area (Å²) in [6.07, 6.45) is 0.0670. The summed E-state index contributed by atoms with van der Waals surface area (Å²) < 4.78 is 12.8. The lowest BCUT2D eigenvalue weighted by Gasteiger charge is -2.21. The molecule has 0 saturated carbocycles. The molecule has 0 spiro atoms. The number of aldehydes is 1. The highest BCUT2D eigenvalue weighted by Gasteiger charge is 2.19. The summed E-state index contributed by atoms with van der Waals surface area (Å²) in [4.78, 5) is 22.8. The molecule has 0 heterocycles. The minimum absolute atomic E-state index is 0.299. The second kappa shape index (κ2) is 6.19. The van der Waals surface area contributed by atoms with E-state index in [0.717, 1.165) is 5.56 Å². The first-order valence-electron chi connectivity index (χ1n) is 6.28. The zero-order chi connectivity index (χ0) is 14.5. The Hall–Kier alpha value is -1.84. The molecule has 0 aliphatic rings. The van der Waals surface area contributed by atoms with Crippen LogP contribution < -0.4 is 5.31 Å². The third-order valence-corrected chi connectivity index (χ3v) is 2.11. The standard InChI is InChI=1S/C14H19NO3/c1-14(2,3)18-13(17)15-12(10-16)9-11-7-5-4-6-8-11/h4-8,10,12H,9H2,1-3H3,(H,15,17)/t12-/m0/s1/i/hD. The first kappa shape index (κ1) is 12.6. The van der Waals surface area contributed by atoms with Gasteiger partial charge in [-0.25, -0.2) is 4.79 Å². The Balaban J connectivity index is 2.69. The Morgan fingerprint density at radius 1 is 1.44 bits per heavy atom. The van der Waals surface area contributed by atoms with Crippen LogP contribution in [0.15, 0.2) is 30.3 Å². The lowest BCUT2D eigenvalue weighted by atomic mass is 10.1. The maximum absolute atomic E-state index is 11.7. The van der Waals surface area contributed by atoms with E-state index in [9.17, 15) is 9.59 Å². The first-order valence-corrected chi connectivity index (χ1v) is 5.84. The second-order valence-corrected chi connectivity index (χ2v) is 5.00. The van der Waals surface area contributed by atoms with Crippen molar-refractivity contribution in [2.24, 2.45) is 0 Å². The molecule has 1 aromatic rings. The molecule has 4 nitrogen and oxygen atoms in total.